The lowest BCUT2D eigenvalue weighted by Gasteiger charge is -2.37. The van der Waals surface area contributed by atoms with Gasteiger partial charge in [-0.15, -0.1) is 0 Å². The summed E-state index contributed by atoms with van der Waals surface area (Å²) in [4.78, 5) is 36.2. The highest BCUT2D eigenvalue weighted by molar-refractivity contribution is 6.05. The summed E-state index contributed by atoms with van der Waals surface area (Å²) in [6.07, 6.45) is 3.86. The molecule has 0 bridgehead atoms. The van der Waals surface area contributed by atoms with Gasteiger partial charge in [0, 0.05) is 50.0 Å². The highest BCUT2D eigenvalue weighted by Crippen LogP contribution is 2.30. The summed E-state index contributed by atoms with van der Waals surface area (Å²) < 4.78 is 1.62. The summed E-state index contributed by atoms with van der Waals surface area (Å²) >= 11 is 0. The lowest BCUT2D eigenvalue weighted by molar-refractivity contribution is 0.102. The summed E-state index contributed by atoms with van der Waals surface area (Å²) in [6.45, 7) is 11.6. The van der Waals surface area contributed by atoms with E-state index in [-0.39, 0.29) is 5.91 Å². The van der Waals surface area contributed by atoms with E-state index in [1.54, 1.807) is 29.9 Å². The standard InChI is InChI=1S/C28H33N11O/c1-16(2)20-13-22(37(4)36-20)33-27(40)18-8-7-17(3)21(12-18)32-26-24-23(30-15-31-26)25(29)35-28(34-24)39-11-10-38-9-5-6-19(38)14-39/h7-8,12-13,15,19H,1,5-6,9-11,14H2,2-4H3,(H,33,40)(H2,29,34,35)(H,30,31,32). The van der Waals surface area contributed by atoms with Crippen molar-refractivity contribution in [3.8, 4) is 0 Å². The zero-order valence-corrected chi connectivity index (χ0v) is 23.0. The number of aryl methyl sites for hydroxylation is 2. The molecule has 6 rings (SSSR count). The Morgan fingerprint density at radius 2 is 1.98 bits per heavy atom. The van der Waals surface area contributed by atoms with Crippen LogP contribution in [0.2, 0.25) is 0 Å². The van der Waals surface area contributed by atoms with Gasteiger partial charge in [0.1, 0.15) is 23.2 Å². The van der Waals surface area contributed by atoms with Crippen LogP contribution in [0.5, 0.6) is 0 Å². The van der Waals surface area contributed by atoms with E-state index in [0.29, 0.717) is 46.0 Å². The number of fused-ring (bicyclic) bond motifs is 2. The first kappa shape index (κ1) is 25.7. The van der Waals surface area contributed by atoms with Crippen LogP contribution >= 0.6 is 0 Å². The molecule has 2 fully saturated rings. The smallest absolute Gasteiger partial charge is 0.256 e. The average molecular weight is 540 g/mol. The number of aromatic nitrogens is 6. The number of nitrogen functional groups attached to an aromatic ring is 1. The summed E-state index contributed by atoms with van der Waals surface area (Å²) in [5.74, 6) is 1.72. The summed E-state index contributed by atoms with van der Waals surface area (Å²) in [6, 6.07) is 7.78. The number of piperazine rings is 1. The maximum absolute atomic E-state index is 13.1. The molecule has 206 valence electrons. The maximum atomic E-state index is 13.1. The number of carbonyl (C=O) groups excluding carboxylic acids is 1. The molecular formula is C28H33N11O. The molecule has 1 atom stereocenters. The van der Waals surface area contributed by atoms with Gasteiger partial charge >= 0.3 is 0 Å². The maximum Gasteiger partial charge on any atom is 0.256 e. The SMILES string of the molecule is C=C(C)c1cc(NC(=O)c2ccc(C)c(Nc3ncnc4c(N)nc(N5CCN6CCCC6C5)nc34)c2)n(C)n1. The first-order valence-corrected chi connectivity index (χ1v) is 13.4. The van der Waals surface area contributed by atoms with Crippen LogP contribution < -0.4 is 21.3 Å². The van der Waals surface area contributed by atoms with Crippen molar-refractivity contribution < 1.29 is 4.79 Å². The molecule has 1 unspecified atom stereocenters. The van der Waals surface area contributed by atoms with Crippen LogP contribution in [0.1, 0.15) is 41.4 Å². The zero-order chi connectivity index (χ0) is 28.0. The molecule has 4 N–H and O–H groups in total. The third-order valence-corrected chi connectivity index (χ3v) is 7.68. The summed E-state index contributed by atoms with van der Waals surface area (Å²) in [7, 11) is 1.78. The predicted molar refractivity (Wildman–Crippen MR) is 157 cm³/mol. The van der Waals surface area contributed by atoms with E-state index in [4.69, 9.17) is 10.7 Å². The van der Waals surface area contributed by atoms with Gasteiger partial charge in [0.25, 0.3) is 5.91 Å². The van der Waals surface area contributed by atoms with E-state index >= 15 is 0 Å². The van der Waals surface area contributed by atoms with Gasteiger partial charge in [-0.1, -0.05) is 12.6 Å². The number of nitrogens with two attached hydrogens (primary N) is 1. The van der Waals surface area contributed by atoms with Crippen molar-refractivity contribution in [1.29, 1.82) is 0 Å². The minimum absolute atomic E-state index is 0.258. The zero-order valence-electron chi connectivity index (χ0n) is 23.0. The van der Waals surface area contributed by atoms with Gasteiger partial charge in [-0.2, -0.15) is 10.1 Å². The molecule has 0 radical (unpaired) electrons. The average Bonchev–Trinajstić information content (AvgIpc) is 3.56. The molecule has 2 saturated heterocycles. The molecule has 0 aliphatic carbocycles. The number of hydrogen-bond acceptors (Lipinski definition) is 10. The number of anilines is 5. The van der Waals surface area contributed by atoms with E-state index in [9.17, 15) is 4.79 Å². The molecule has 12 nitrogen and oxygen atoms in total. The van der Waals surface area contributed by atoms with E-state index in [1.807, 2.05) is 19.9 Å². The van der Waals surface area contributed by atoms with Crippen molar-refractivity contribution >= 4 is 51.6 Å². The number of carbonyl (C=O) groups is 1. The van der Waals surface area contributed by atoms with Crippen LogP contribution in [0, 0.1) is 6.92 Å². The van der Waals surface area contributed by atoms with E-state index < -0.39 is 0 Å². The highest BCUT2D eigenvalue weighted by atomic mass is 16.1. The van der Waals surface area contributed by atoms with Crippen molar-refractivity contribution in [3.05, 3.63) is 54.0 Å². The van der Waals surface area contributed by atoms with Gasteiger partial charge in [0.05, 0.1) is 5.69 Å². The Kier molecular flexibility index (Phi) is 6.54. The minimum atomic E-state index is -0.258. The second-order valence-electron chi connectivity index (χ2n) is 10.5. The molecule has 40 heavy (non-hydrogen) atoms. The van der Waals surface area contributed by atoms with Crippen molar-refractivity contribution in [3.63, 3.8) is 0 Å². The van der Waals surface area contributed by atoms with Gasteiger partial charge in [-0.3, -0.25) is 14.4 Å². The number of allylic oxidation sites excluding steroid dienone is 1. The van der Waals surface area contributed by atoms with Crippen LogP contribution in [0.3, 0.4) is 0 Å². The van der Waals surface area contributed by atoms with Crippen LogP contribution in [0.4, 0.5) is 29.1 Å². The summed E-state index contributed by atoms with van der Waals surface area (Å²) in [5.41, 5.74) is 11.1. The Balaban J connectivity index is 1.28. The van der Waals surface area contributed by atoms with E-state index in [1.165, 1.54) is 19.2 Å². The lowest BCUT2D eigenvalue weighted by atomic mass is 10.1. The van der Waals surface area contributed by atoms with Crippen LogP contribution in [-0.2, 0) is 7.05 Å². The quantitative estimate of drug-likeness (QED) is 0.334. The summed E-state index contributed by atoms with van der Waals surface area (Å²) in [5, 5.41) is 10.7. The van der Waals surface area contributed by atoms with Crippen molar-refractivity contribution in [1.82, 2.24) is 34.6 Å². The van der Waals surface area contributed by atoms with Gasteiger partial charge in [0.2, 0.25) is 5.95 Å². The van der Waals surface area contributed by atoms with Gasteiger partial charge in [-0.25, -0.2) is 15.0 Å². The van der Waals surface area contributed by atoms with Gasteiger partial charge in [0.15, 0.2) is 11.6 Å². The lowest BCUT2D eigenvalue weighted by Crippen LogP contribution is -2.50. The Labute approximate surface area is 232 Å². The molecule has 0 saturated carbocycles. The van der Waals surface area contributed by atoms with Crippen molar-refractivity contribution in [2.24, 2.45) is 7.05 Å². The molecule has 5 heterocycles. The highest BCUT2D eigenvalue weighted by Gasteiger charge is 2.32. The molecule has 3 aromatic heterocycles. The fourth-order valence-corrected chi connectivity index (χ4v) is 5.37. The molecule has 12 heteroatoms. The first-order chi connectivity index (χ1) is 19.3. The van der Waals surface area contributed by atoms with Crippen LogP contribution in [0.15, 0.2) is 37.2 Å². The Morgan fingerprint density at radius 1 is 1.12 bits per heavy atom. The Bertz CT molecular complexity index is 1630. The number of nitrogens with zero attached hydrogens (tertiary/aromatic N) is 8. The molecular weight excluding hydrogens is 506 g/mol. The van der Waals surface area contributed by atoms with E-state index in [2.05, 4.69) is 47.1 Å². The molecule has 1 amide bonds. The largest absolute Gasteiger partial charge is 0.382 e. The number of rotatable bonds is 6. The number of nitrogens with one attached hydrogen (secondary N) is 2. The fourth-order valence-electron chi connectivity index (χ4n) is 5.37. The monoisotopic (exact) mass is 539 g/mol. The number of amides is 1. The van der Waals surface area contributed by atoms with Gasteiger partial charge < -0.3 is 21.3 Å². The molecule has 0 spiro atoms. The van der Waals surface area contributed by atoms with Crippen LogP contribution in [-0.4, -0.2) is 72.7 Å². The Hall–Kier alpha value is -4.58. The third kappa shape index (κ3) is 4.81. The molecule has 2 aliphatic heterocycles. The molecule has 2 aliphatic rings. The first-order valence-electron chi connectivity index (χ1n) is 13.4. The normalized spacial score (nSPS) is 17.2. The second-order valence-corrected chi connectivity index (χ2v) is 10.5. The van der Waals surface area contributed by atoms with E-state index in [0.717, 1.165) is 48.7 Å². The topological polar surface area (TPSA) is 143 Å². The number of benzene rings is 1. The predicted octanol–water partition coefficient (Wildman–Crippen LogP) is 3.36. The van der Waals surface area contributed by atoms with Gasteiger partial charge in [-0.05, 0) is 56.5 Å². The minimum Gasteiger partial charge on any atom is -0.382 e. The van der Waals surface area contributed by atoms with Crippen LogP contribution in [0.25, 0.3) is 16.6 Å². The number of hydrogen-bond donors (Lipinski definition) is 3. The Morgan fingerprint density at radius 3 is 2.77 bits per heavy atom. The van der Waals surface area contributed by atoms with Crippen molar-refractivity contribution in [2.75, 3.05) is 47.4 Å². The van der Waals surface area contributed by atoms with Crippen molar-refractivity contribution in [2.45, 2.75) is 32.7 Å². The second kappa shape index (κ2) is 10.2. The fraction of sp³-hybridized carbons (Fsp3) is 0.357. The third-order valence-electron chi connectivity index (χ3n) is 7.68. The molecule has 1 aromatic carbocycles. The molecule has 4 aromatic rings.